The Balaban J connectivity index is 1.49. The number of esters is 1. The van der Waals surface area contributed by atoms with E-state index in [-0.39, 0.29) is 23.8 Å². The van der Waals surface area contributed by atoms with Gasteiger partial charge in [-0.05, 0) is 44.2 Å². The van der Waals surface area contributed by atoms with Gasteiger partial charge in [0.05, 0.1) is 23.6 Å². The molecule has 0 saturated heterocycles. The van der Waals surface area contributed by atoms with E-state index in [2.05, 4.69) is 15.3 Å². The second kappa shape index (κ2) is 10.1. The third-order valence-electron chi connectivity index (χ3n) is 5.05. The molecule has 1 aliphatic carbocycles. The fraction of sp³-hybridized carbons (Fsp3) is 0.304. The first-order valence-corrected chi connectivity index (χ1v) is 12.3. The fourth-order valence-electron chi connectivity index (χ4n) is 3.53. The third kappa shape index (κ3) is 5.11. The zero-order valence-corrected chi connectivity index (χ0v) is 19.2. The summed E-state index contributed by atoms with van der Waals surface area (Å²) in [7, 11) is 0. The number of aryl methyl sites for hydroxylation is 1. The molecule has 0 fully saturated rings. The molecule has 2 heterocycles. The molecule has 0 bridgehead atoms. The van der Waals surface area contributed by atoms with Gasteiger partial charge in [-0.3, -0.25) is 9.59 Å². The third-order valence-corrected chi connectivity index (χ3v) is 7.02. The Morgan fingerprint density at radius 1 is 1.22 bits per heavy atom. The number of thioether (sulfide) groups is 1. The molecule has 0 radical (unpaired) electrons. The van der Waals surface area contributed by atoms with Crippen LogP contribution < -0.4 is 10.9 Å². The number of hydrogen-bond acceptors (Lipinski definition) is 7. The number of anilines is 1. The number of aromatic amines is 1. The minimum atomic E-state index is -0.477. The highest BCUT2D eigenvalue weighted by atomic mass is 32.2. The largest absolute Gasteiger partial charge is 0.462 e. The lowest BCUT2D eigenvalue weighted by Gasteiger charge is -2.14. The molecule has 0 atom stereocenters. The lowest BCUT2D eigenvalue weighted by Crippen LogP contribution is -2.22. The predicted molar refractivity (Wildman–Crippen MR) is 127 cm³/mol. The monoisotopic (exact) mass is 469 g/mol. The van der Waals surface area contributed by atoms with Crippen molar-refractivity contribution in [3.8, 4) is 10.4 Å². The number of nitrogens with one attached hydrogen (secondary N) is 2. The van der Waals surface area contributed by atoms with Gasteiger partial charge in [0.2, 0.25) is 5.91 Å². The smallest absolute Gasteiger partial charge is 0.341 e. The molecule has 1 aromatic carbocycles. The van der Waals surface area contributed by atoms with Crippen LogP contribution in [0.2, 0.25) is 0 Å². The van der Waals surface area contributed by atoms with Crippen molar-refractivity contribution in [2.24, 2.45) is 0 Å². The van der Waals surface area contributed by atoms with E-state index in [0.717, 1.165) is 47.4 Å². The Morgan fingerprint density at radius 3 is 2.78 bits per heavy atom. The summed E-state index contributed by atoms with van der Waals surface area (Å²) in [6.45, 7) is 1.99. The number of aromatic nitrogens is 2. The van der Waals surface area contributed by atoms with Crippen molar-refractivity contribution in [1.82, 2.24) is 9.97 Å². The molecular formula is C23H23N3O4S2. The van der Waals surface area contributed by atoms with Crippen LogP contribution in [0.15, 0.2) is 46.3 Å². The number of ether oxygens (including phenoxy) is 1. The van der Waals surface area contributed by atoms with E-state index in [4.69, 9.17) is 4.74 Å². The van der Waals surface area contributed by atoms with Crippen LogP contribution >= 0.6 is 23.1 Å². The average Bonchev–Trinajstić information content (AvgIpc) is 3.22. The topological polar surface area (TPSA) is 101 Å². The van der Waals surface area contributed by atoms with E-state index >= 15 is 0 Å². The van der Waals surface area contributed by atoms with Gasteiger partial charge in [-0.1, -0.05) is 42.1 Å². The highest BCUT2D eigenvalue weighted by Gasteiger charge is 2.21. The number of nitrogens with zero attached hydrogens (tertiary/aromatic N) is 1. The molecular weight excluding hydrogens is 446 g/mol. The summed E-state index contributed by atoms with van der Waals surface area (Å²) < 4.78 is 5.16. The van der Waals surface area contributed by atoms with Crippen molar-refractivity contribution < 1.29 is 14.3 Å². The van der Waals surface area contributed by atoms with E-state index in [1.54, 1.807) is 13.0 Å². The SMILES string of the molecule is CCOC(=O)c1cc(-c2ccccc2)sc1NC(=O)CSc1nc2c(c(=O)[nH]1)CCCC2. The maximum atomic E-state index is 12.6. The van der Waals surface area contributed by atoms with Gasteiger partial charge < -0.3 is 15.0 Å². The number of amides is 1. The first-order chi connectivity index (χ1) is 15.5. The molecule has 1 amide bonds. The van der Waals surface area contributed by atoms with Crippen molar-refractivity contribution >= 4 is 40.0 Å². The van der Waals surface area contributed by atoms with E-state index in [1.807, 2.05) is 30.3 Å². The number of rotatable bonds is 7. The summed E-state index contributed by atoms with van der Waals surface area (Å²) in [5.41, 5.74) is 2.76. The molecule has 32 heavy (non-hydrogen) atoms. The van der Waals surface area contributed by atoms with Crippen LogP contribution in [-0.2, 0) is 22.4 Å². The first-order valence-electron chi connectivity index (χ1n) is 10.5. The van der Waals surface area contributed by atoms with Crippen LogP contribution in [0.4, 0.5) is 5.00 Å². The second-order valence-electron chi connectivity index (χ2n) is 7.28. The van der Waals surface area contributed by atoms with Crippen molar-refractivity contribution in [3.05, 3.63) is 63.6 Å². The van der Waals surface area contributed by atoms with Crippen LogP contribution in [0.1, 0.15) is 41.4 Å². The van der Waals surface area contributed by atoms with E-state index in [0.29, 0.717) is 15.7 Å². The highest BCUT2D eigenvalue weighted by molar-refractivity contribution is 7.99. The molecule has 0 saturated carbocycles. The fourth-order valence-corrected chi connectivity index (χ4v) is 5.28. The zero-order chi connectivity index (χ0) is 22.5. The Kier molecular flexibility index (Phi) is 7.06. The standard InChI is InChI=1S/C23H23N3O4S2/c1-2-30-22(29)16-12-18(14-8-4-3-5-9-14)32-21(16)25-19(27)13-31-23-24-17-11-7-6-10-15(17)20(28)26-23/h3-5,8-9,12H,2,6-7,10-11,13H2,1H3,(H,25,27)(H,24,26,28). The summed E-state index contributed by atoms with van der Waals surface area (Å²) in [6.07, 6.45) is 3.56. The first kappa shape index (κ1) is 22.3. The molecule has 0 spiro atoms. The number of thiophene rings is 1. The summed E-state index contributed by atoms with van der Waals surface area (Å²) >= 11 is 2.49. The number of fused-ring (bicyclic) bond motifs is 1. The van der Waals surface area contributed by atoms with Crippen LogP contribution in [0.5, 0.6) is 0 Å². The van der Waals surface area contributed by atoms with Gasteiger partial charge >= 0.3 is 5.97 Å². The molecule has 0 unspecified atom stereocenters. The normalized spacial score (nSPS) is 12.8. The zero-order valence-electron chi connectivity index (χ0n) is 17.6. The molecule has 7 nitrogen and oxygen atoms in total. The second-order valence-corrected chi connectivity index (χ2v) is 9.30. The maximum absolute atomic E-state index is 12.6. The number of H-pyrrole nitrogens is 1. The lowest BCUT2D eigenvalue weighted by molar-refractivity contribution is -0.113. The molecule has 2 N–H and O–H groups in total. The van der Waals surface area contributed by atoms with Gasteiger partial charge in [-0.25, -0.2) is 9.78 Å². The van der Waals surface area contributed by atoms with Gasteiger partial charge in [0.15, 0.2) is 5.16 Å². The van der Waals surface area contributed by atoms with E-state index < -0.39 is 5.97 Å². The Morgan fingerprint density at radius 2 is 2.00 bits per heavy atom. The van der Waals surface area contributed by atoms with Crippen molar-refractivity contribution in [3.63, 3.8) is 0 Å². The van der Waals surface area contributed by atoms with Crippen LogP contribution in [0, 0.1) is 0 Å². The molecule has 1 aliphatic rings. The summed E-state index contributed by atoms with van der Waals surface area (Å²) in [6, 6.07) is 11.4. The van der Waals surface area contributed by atoms with E-state index in [9.17, 15) is 14.4 Å². The van der Waals surface area contributed by atoms with E-state index in [1.165, 1.54) is 23.1 Å². The van der Waals surface area contributed by atoms with Crippen LogP contribution in [0.25, 0.3) is 10.4 Å². The van der Waals surface area contributed by atoms with Crippen molar-refractivity contribution in [2.75, 3.05) is 17.7 Å². The van der Waals surface area contributed by atoms with Crippen molar-refractivity contribution in [2.45, 2.75) is 37.8 Å². The number of benzene rings is 1. The molecule has 166 valence electrons. The number of carbonyl (C=O) groups is 2. The molecule has 9 heteroatoms. The average molecular weight is 470 g/mol. The maximum Gasteiger partial charge on any atom is 0.341 e. The molecule has 4 rings (SSSR count). The highest BCUT2D eigenvalue weighted by Crippen LogP contribution is 2.36. The van der Waals surface area contributed by atoms with Crippen LogP contribution in [-0.4, -0.2) is 34.2 Å². The number of carbonyl (C=O) groups excluding carboxylic acids is 2. The predicted octanol–water partition coefficient (Wildman–Crippen LogP) is 4.28. The molecule has 2 aromatic heterocycles. The van der Waals surface area contributed by atoms with Crippen molar-refractivity contribution in [1.29, 1.82) is 0 Å². The quantitative estimate of drug-likeness (QED) is 0.304. The van der Waals surface area contributed by atoms with Gasteiger partial charge in [-0.15, -0.1) is 11.3 Å². The summed E-state index contributed by atoms with van der Waals surface area (Å²) in [5.74, 6) is -0.709. The van der Waals surface area contributed by atoms with Crippen LogP contribution in [0.3, 0.4) is 0 Å². The van der Waals surface area contributed by atoms with Gasteiger partial charge in [0.1, 0.15) is 5.00 Å². The molecule has 3 aromatic rings. The summed E-state index contributed by atoms with van der Waals surface area (Å²) in [4.78, 5) is 45.5. The lowest BCUT2D eigenvalue weighted by atomic mass is 9.97. The minimum Gasteiger partial charge on any atom is -0.462 e. The molecule has 0 aliphatic heterocycles. The Bertz CT molecular complexity index is 1190. The van der Waals surface area contributed by atoms with Gasteiger partial charge in [0.25, 0.3) is 5.56 Å². The Hall–Kier alpha value is -2.91. The minimum absolute atomic E-state index is 0.0581. The van der Waals surface area contributed by atoms with Gasteiger partial charge in [-0.2, -0.15) is 0 Å². The van der Waals surface area contributed by atoms with Gasteiger partial charge in [0, 0.05) is 10.4 Å². The summed E-state index contributed by atoms with van der Waals surface area (Å²) in [5, 5.41) is 3.71. The number of hydrogen-bond donors (Lipinski definition) is 2. The Labute approximate surface area is 193 Å².